The molecule has 0 bridgehead atoms. The van der Waals surface area contributed by atoms with Gasteiger partial charge in [-0.15, -0.1) is 0 Å². The Morgan fingerprint density at radius 2 is 2.05 bits per heavy atom. The van der Waals surface area contributed by atoms with Gasteiger partial charge in [0.15, 0.2) is 11.7 Å². The van der Waals surface area contributed by atoms with Crippen LogP contribution in [0.1, 0.15) is 82.1 Å². The van der Waals surface area contributed by atoms with Gasteiger partial charge in [0, 0.05) is 23.7 Å². The van der Waals surface area contributed by atoms with Crippen molar-refractivity contribution in [2.24, 2.45) is 0 Å². The smallest absolute Gasteiger partial charge is 0.229 e. The molecule has 0 radical (unpaired) electrons. The molecule has 0 atom stereocenters. The summed E-state index contributed by atoms with van der Waals surface area (Å²) in [6.45, 7) is 8.40. The number of rotatable bonds is 6. The maximum absolute atomic E-state index is 5.69. The molecule has 1 aliphatic rings. The third-order valence-corrected chi connectivity index (χ3v) is 4.05. The van der Waals surface area contributed by atoms with E-state index in [-0.39, 0.29) is 11.3 Å². The number of oxazole rings is 1. The third kappa shape index (κ3) is 3.17. The van der Waals surface area contributed by atoms with Crippen molar-refractivity contribution in [3.8, 4) is 0 Å². The molecule has 0 amide bonds. The molecule has 0 aromatic carbocycles. The van der Waals surface area contributed by atoms with Crippen molar-refractivity contribution < 1.29 is 8.94 Å². The van der Waals surface area contributed by atoms with Crippen molar-refractivity contribution in [2.75, 3.05) is 0 Å². The van der Waals surface area contributed by atoms with Crippen LogP contribution in [0.25, 0.3) is 0 Å². The van der Waals surface area contributed by atoms with Crippen molar-refractivity contribution in [1.82, 2.24) is 15.1 Å². The summed E-state index contributed by atoms with van der Waals surface area (Å²) in [5.74, 6) is 3.18. The van der Waals surface area contributed by atoms with Crippen LogP contribution in [0.5, 0.6) is 0 Å². The van der Waals surface area contributed by atoms with Gasteiger partial charge in [-0.1, -0.05) is 32.9 Å². The lowest BCUT2D eigenvalue weighted by Gasteiger charge is -2.19. The predicted molar refractivity (Wildman–Crippen MR) is 78.2 cm³/mol. The van der Waals surface area contributed by atoms with Crippen LogP contribution in [0, 0.1) is 0 Å². The first kappa shape index (κ1) is 14.3. The van der Waals surface area contributed by atoms with Crippen LogP contribution in [0.15, 0.2) is 15.2 Å². The highest BCUT2D eigenvalue weighted by Crippen LogP contribution is 2.40. The van der Waals surface area contributed by atoms with Gasteiger partial charge in [-0.3, -0.25) is 0 Å². The van der Waals surface area contributed by atoms with Gasteiger partial charge in [0.05, 0.1) is 5.69 Å². The van der Waals surface area contributed by atoms with Crippen LogP contribution in [0.2, 0.25) is 0 Å². The molecule has 114 valence electrons. The van der Waals surface area contributed by atoms with Crippen molar-refractivity contribution in [3.63, 3.8) is 0 Å². The van der Waals surface area contributed by atoms with E-state index in [9.17, 15) is 0 Å². The second-order valence-corrected chi connectivity index (χ2v) is 6.94. The number of hydrogen-bond donors (Lipinski definition) is 0. The molecular weight excluding hydrogens is 266 g/mol. The van der Waals surface area contributed by atoms with Gasteiger partial charge in [0.25, 0.3) is 0 Å². The van der Waals surface area contributed by atoms with Gasteiger partial charge in [0.2, 0.25) is 5.89 Å². The van der Waals surface area contributed by atoms with E-state index >= 15 is 0 Å². The van der Waals surface area contributed by atoms with Gasteiger partial charge in [-0.05, 0) is 19.3 Å². The Bertz CT molecular complexity index is 609. The molecule has 5 nitrogen and oxygen atoms in total. The average molecular weight is 289 g/mol. The molecule has 1 aliphatic carbocycles. The Labute approximate surface area is 125 Å². The predicted octanol–water partition coefficient (Wildman–Crippen LogP) is 3.97. The van der Waals surface area contributed by atoms with Gasteiger partial charge in [-0.25, -0.2) is 4.98 Å². The Morgan fingerprint density at radius 1 is 1.29 bits per heavy atom. The number of nitrogens with zero attached hydrogens (tertiary/aromatic N) is 3. The zero-order valence-corrected chi connectivity index (χ0v) is 13.2. The maximum Gasteiger partial charge on any atom is 0.229 e. The molecule has 0 N–H and O–H groups in total. The SMILES string of the molecule is CC(C)c1nc(CCC(C)(C)c2nc(C3CC3)co2)no1. The molecule has 2 heterocycles. The summed E-state index contributed by atoms with van der Waals surface area (Å²) in [4.78, 5) is 9.08. The highest BCUT2D eigenvalue weighted by atomic mass is 16.5. The standard InChI is InChI=1S/C16H23N3O2/c1-10(2)14-18-13(19-21-14)7-8-16(3,4)15-17-12(9-20-15)11-5-6-11/h9-11H,5-8H2,1-4H3. The van der Waals surface area contributed by atoms with Gasteiger partial charge < -0.3 is 8.94 Å². The van der Waals surface area contributed by atoms with E-state index < -0.39 is 0 Å². The van der Waals surface area contributed by atoms with Crippen molar-refractivity contribution >= 4 is 0 Å². The molecular formula is C16H23N3O2. The fraction of sp³-hybridized carbons (Fsp3) is 0.688. The van der Waals surface area contributed by atoms with Crippen molar-refractivity contribution in [1.29, 1.82) is 0 Å². The van der Waals surface area contributed by atoms with Crippen LogP contribution < -0.4 is 0 Å². The van der Waals surface area contributed by atoms with Gasteiger partial charge in [0.1, 0.15) is 6.26 Å². The van der Waals surface area contributed by atoms with E-state index in [2.05, 4.69) is 29.0 Å². The number of hydrogen-bond acceptors (Lipinski definition) is 5. The molecule has 1 fully saturated rings. The molecule has 2 aromatic rings. The number of aryl methyl sites for hydroxylation is 1. The first-order valence-corrected chi connectivity index (χ1v) is 7.74. The lowest BCUT2D eigenvalue weighted by molar-refractivity contribution is 0.339. The molecule has 0 unspecified atom stereocenters. The van der Waals surface area contributed by atoms with E-state index in [4.69, 9.17) is 8.94 Å². The monoisotopic (exact) mass is 289 g/mol. The summed E-state index contributed by atoms with van der Waals surface area (Å²) in [6.07, 6.45) is 5.96. The Hall–Kier alpha value is -1.65. The minimum Gasteiger partial charge on any atom is -0.448 e. The van der Waals surface area contributed by atoms with E-state index in [0.717, 1.165) is 30.3 Å². The molecule has 0 saturated heterocycles. The molecule has 5 heteroatoms. The van der Waals surface area contributed by atoms with E-state index in [0.29, 0.717) is 11.8 Å². The van der Waals surface area contributed by atoms with Crippen molar-refractivity contribution in [3.05, 3.63) is 29.6 Å². The summed E-state index contributed by atoms with van der Waals surface area (Å²) < 4.78 is 10.9. The van der Waals surface area contributed by atoms with Crippen LogP contribution in [0.3, 0.4) is 0 Å². The molecule has 3 rings (SSSR count). The third-order valence-electron chi connectivity index (χ3n) is 4.05. The summed E-state index contributed by atoms with van der Waals surface area (Å²) in [5, 5.41) is 4.04. The zero-order valence-electron chi connectivity index (χ0n) is 13.2. The quantitative estimate of drug-likeness (QED) is 0.805. The second-order valence-electron chi connectivity index (χ2n) is 6.94. The molecule has 0 spiro atoms. The fourth-order valence-corrected chi connectivity index (χ4v) is 2.30. The maximum atomic E-state index is 5.69. The topological polar surface area (TPSA) is 65.0 Å². The molecule has 1 saturated carbocycles. The Kier molecular flexibility index (Phi) is 3.59. The molecule has 0 aliphatic heterocycles. The summed E-state index contributed by atoms with van der Waals surface area (Å²) >= 11 is 0. The minimum absolute atomic E-state index is 0.119. The lowest BCUT2D eigenvalue weighted by atomic mass is 9.87. The molecule has 2 aromatic heterocycles. The van der Waals surface area contributed by atoms with E-state index in [1.807, 2.05) is 20.1 Å². The minimum atomic E-state index is -0.119. The van der Waals surface area contributed by atoms with E-state index in [1.54, 1.807) is 0 Å². The summed E-state index contributed by atoms with van der Waals surface area (Å²) in [7, 11) is 0. The second kappa shape index (κ2) is 5.28. The van der Waals surface area contributed by atoms with E-state index in [1.165, 1.54) is 12.8 Å². The lowest BCUT2D eigenvalue weighted by Crippen LogP contribution is -2.19. The first-order valence-electron chi connectivity index (χ1n) is 7.74. The Morgan fingerprint density at radius 3 is 2.67 bits per heavy atom. The first-order chi connectivity index (χ1) is 9.95. The van der Waals surface area contributed by atoms with Gasteiger partial charge in [-0.2, -0.15) is 4.98 Å². The highest BCUT2D eigenvalue weighted by molar-refractivity contribution is 5.14. The average Bonchev–Trinajstić information content (AvgIpc) is 2.98. The van der Waals surface area contributed by atoms with Crippen LogP contribution in [0.4, 0.5) is 0 Å². The summed E-state index contributed by atoms with van der Waals surface area (Å²) in [5.41, 5.74) is 0.992. The van der Waals surface area contributed by atoms with Crippen molar-refractivity contribution in [2.45, 2.75) is 70.6 Å². The van der Waals surface area contributed by atoms with Crippen LogP contribution in [-0.2, 0) is 11.8 Å². The molecule has 21 heavy (non-hydrogen) atoms. The number of aromatic nitrogens is 3. The zero-order chi connectivity index (χ0) is 15.0. The summed E-state index contributed by atoms with van der Waals surface area (Å²) in [6, 6.07) is 0. The normalized spacial score (nSPS) is 15.9. The fourth-order valence-electron chi connectivity index (χ4n) is 2.30. The van der Waals surface area contributed by atoms with Crippen LogP contribution in [-0.4, -0.2) is 15.1 Å². The Balaban J connectivity index is 1.63. The largest absolute Gasteiger partial charge is 0.448 e. The van der Waals surface area contributed by atoms with Crippen LogP contribution >= 0.6 is 0 Å². The van der Waals surface area contributed by atoms with Gasteiger partial charge >= 0.3 is 0 Å². The highest BCUT2D eigenvalue weighted by Gasteiger charge is 2.31.